The highest BCUT2D eigenvalue weighted by Crippen LogP contribution is 2.42. The highest BCUT2D eigenvalue weighted by molar-refractivity contribution is 5.86. The number of alkyl halides is 3. The molecule has 3 aromatic rings. The minimum Gasteiger partial charge on any atom is -0.456 e. The molecule has 1 aromatic heterocycles. The maximum Gasteiger partial charge on any atom is 0.437 e. The number of benzene rings is 2. The second kappa shape index (κ2) is 8.56. The number of fused-ring (bicyclic) bond motifs is 1. The van der Waals surface area contributed by atoms with Crippen molar-refractivity contribution in [1.29, 1.82) is 5.26 Å². The van der Waals surface area contributed by atoms with Crippen LogP contribution in [0.5, 0.6) is 11.5 Å². The molecule has 0 saturated heterocycles. The van der Waals surface area contributed by atoms with Crippen molar-refractivity contribution >= 4 is 11.0 Å². The first-order valence-electron chi connectivity index (χ1n) is 9.54. The molecule has 2 aromatic carbocycles. The average molecular weight is 402 g/mol. The zero-order valence-corrected chi connectivity index (χ0v) is 16.3. The highest BCUT2D eigenvalue weighted by Gasteiger charge is 2.38. The quantitative estimate of drug-likeness (QED) is 0.446. The van der Waals surface area contributed by atoms with Crippen LogP contribution >= 0.6 is 0 Å². The molecule has 0 radical (unpaired) electrons. The zero-order chi connectivity index (χ0) is 21.0. The van der Waals surface area contributed by atoms with E-state index < -0.39 is 11.9 Å². The van der Waals surface area contributed by atoms with Crippen molar-refractivity contribution in [1.82, 2.24) is 5.16 Å². The van der Waals surface area contributed by atoms with Crippen molar-refractivity contribution in [2.45, 2.75) is 52.1 Å². The lowest BCUT2D eigenvalue weighted by molar-refractivity contribution is -0.141. The molecule has 0 atom stereocenters. The standard InChI is InChI=1S/C22H21F3N2O2/c1-3-7-15-13-17-20(29-27-21(17)22(23,24)25)16(8-4-2)19(15)28-18-10-6-5-9-14(18)11-12-26/h5-6,9-10,13H,3-4,7-8,11H2,1-2H3. The summed E-state index contributed by atoms with van der Waals surface area (Å²) in [6, 6.07) is 10.7. The van der Waals surface area contributed by atoms with Crippen molar-refractivity contribution in [3.05, 3.63) is 52.7 Å². The van der Waals surface area contributed by atoms with Crippen LogP contribution in [0.15, 0.2) is 34.9 Å². The number of hydrogen-bond acceptors (Lipinski definition) is 4. The number of aryl methyl sites for hydroxylation is 2. The number of ether oxygens (including phenoxy) is 1. The van der Waals surface area contributed by atoms with Gasteiger partial charge in [-0.2, -0.15) is 18.4 Å². The summed E-state index contributed by atoms with van der Waals surface area (Å²) in [5, 5.41) is 12.3. The number of para-hydroxylation sites is 1. The van der Waals surface area contributed by atoms with Gasteiger partial charge < -0.3 is 9.26 Å². The second-order valence-corrected chi connectivity index (χ2v) is 6.79. The van der Waals surface area contributed by atoms with Crippen LogP contribution in [0, 0.1) is 11.3 Å². The first kappa shape index (κ1) is 20.7. The summed E-state index contributed by atoms with van der Waals surface area (Å²) in [5.41, 5.74) is 1.05. The van der Waals surface area contributed by atoms with Gasteiger partial charge in [-0.05, 0) is 30.5 Å². The van der Waals surface area contributed by atoms with Gasteiger partial charge in [0.25, 0.3) is 0 Å². The Hall–Kier alpha value is -3.01. The lowest BCUT2D eigenvalue weighted by Gasteiger charge is -2.17. The van der Waals surface area contributed by atoms with Gasteiger partial charge >= 0.3 is 6.18 Å². The fourth-order valence-corrected chi connectivity index (χ4v) is 3.39. The number of rotatable bonds is 7. The topological polar surface area (TPSA) is 59.1 Å². The third-order valence-corrected chi connectivity index (χ3v) is 4.63. The van der Waals surface area contributed by atoms with E-state index in [9.17, 15) is 13.2 Å². The Morgan fingerprint density at radius 1 is 1.10 bits per heavy atom. The first-order chi connectivity index (χ1) is 13.9. The molecule has 0 bridgehead atoms. The van der Waals surface area contributed by atoms with Crippen LogP contribution in [-0.2, 0) is 25.4 Å². The normalized spacial score (nSPS) is 11.6. The van der Waals surface area contributed by atoms with Gasteiger partial charge in [-0.25, -0.2) is 0 Å². The van der Waals surface area contributed by atoms with E-state index >= 15 is 0 Å². The Labute approximate surface area is 166 Å². The van der Waals surface area contributed by atoms with E-state index in [-0.39, 0.29) is 17.4 Å². The summed E-state index contributed by atoms with van der Waals surface area (Å²) < 4.78 is 51.5. The van der Waals surface area contributed by atoms with Crippen LogP contribution in [-0.4, -0.2) is 5.16 Å². The van der Waals surface area contributed by atoms with Gasteiger partial charge in [-0.15, -0.1) is 0 Å². The Morgan fingerprint density at radius 3 is 2.48 bits per heavy atom. The predicted octanol–water partition coefficient (Wildman–Crippen LogP) is 6.61. The lowest BCUT2D eigenvalue weighted by Crippen LogP contribution is -2.06. The van der Waals surface area contributed by atoms with Crippen LogP contribution < -0.4 is 4.74 Å². The maximum atomic E-state index is 13.4. The third kappa shape index (κ3) is 4.21. The lowest BCUT2D eigenvalue weighted by atomic mass is 9.97. The van der Waals surface area contributed by atoms with E-state index in [1.54, 1.807) is 18.2 Å². The molecule has 0 aliphatic heterocycles. The van der Waals surface area contributed by atoms with E-state index in [4.69, 9.17) is 14.5 Å². The highest BCUT2D eigenvalue weighted by atomic mass is 19.4. The molecule has 0 saturated carbocycles. The van der Waals surface area contributed by atoms with E-state index in [2.05, 4.69) is 11.2 Å². The molecule has 152 valence electrons. The minimum absolute atomic E-state index is 0.0398. The molecular formula is C22H21F3N2O2. The Kier molecular flexibility index (Phi) is 6.12. The van der Waals surface area contributed by atoms with Gasteiger partial charge in [0.05, 0.1) is 17.9 Å². The first-order valence-corrected chi connectivity index (χ1v) is 9.54. The van der Waals surface area contributed by atoms with E-state index in [1.165, 1.54) is 6.07 Å². The Balaban J connectivity index is 2.24. The van der Waals surface area contributed by atoms with Crippen LogP contribution in [0.3, 0.4) is 0 Å². The average Bonchev–Trinajstić information content (AvgIpc) is 3.10. The number of hydrogen-bond donors (Lipinski definition) is 0. The zero-order valence-electron chi connectivity index (χ0n) is 16.3. The summed E-state index contributed by atoms with van der Waals surface area (Å²) in [7, 11) is 0. The Morgan fingerprint density at radius 2 is 1.83 bits per heavy atom. The molecule has 0 amide bonds. The van der Waals surface area contributed by atoms with E-state index in [1.807, 2.05) is 19.9 Å². The van der Waals surface area contributed by atoms with Crippen LogP contribution in [0.2, 0.25) is 0 Å². The number of nitrogens with zero attached hydrogens (tertiary/aromatic N) is 2. The van der Waals surface area contributed by atoms with Crippen molar-refractivity contribution in [3.8, 4) is 17.6 Å². The molecule has 29 heavy (non-hydrogen) atoms. The Bertz CT molecular complexity index is 1050. The smallest absolute Gasteiger partial charge is 0.437 e. The van der Waals surface area contributed by atoms with Crippen molar-refractivity contribution in [2.24, 2.45) is 0 Å². The maximum absolute atomic E-state index is 13.4. The number of nitriles is 1. The van der Waals surface area contributed by atoms with Crippen LogP contribution in [0.1, 0.15) is 49.1 Å². The second-order valence-electron chi connectivity index (χ2n) is 6.79. The largest absolute Gasteiger partial charge is 0.456 e. The molecule has 0 fully saturated rings. The van der Waals surface area contributed by atoms with E-state index in [0.29, 0.717) is 47.5 Å². The predicted molar refractivity (Wildman–Crippen MR) is 103 cm³/mol. The summed E-state index contributed by atoms with van der Waals surface area (Å²) >= 11 is 0. The van der Waals surface area contributed by atoms with Gasteiger partial charge in [-0.3, -0.25) is 0 Å². The molecule has 7 heteroatoms. The van der Waals surface area contributed by atoms with Crippen LogP contribution in [0.25, 0.3) is 11.0 Å². The SMILES string of the molecule is CCCc1cc2c(C(F)(F)F)noc2c(CCC)c1Oc1ccccc1CC#N. The van der Waals surface area contributed by atoms with Gasteiger partial charge in [-0.1, -0.05) is 50.0 Å². The number of aromatic nitrogens is 1. The van der Waals surface area contributed by atoms with E-state index in [0.717, 1.165) is 6.42 Å². The molecule has 1 heterocycles. The molecule has 0 aliphatic carbocycles. The van der Waals surface area contributed by atoms with Gasteiger partial charge in [0.1, 0.15) is 11.5 Å². The number of halogens is 3. The van der Waals surface area contributed by atoms with Crippen molar-refractivity contribution < 1.29 is 22.4 Å². The molecule has 0 spiro atoms. The van der Waals surface area contributed by atoms with Gasteiger partial charge in [0.2, 0.25) is 0 Å². The fourth-order valence-electron chi connectivity index (χ4n) is 3.39. The summed E-state index contributed by atoms with van der Waals surface area (Å²) in [6.07, 6.45) is -1.96. The van der Waals surface area contributed by atoms with Gasteiger partial charge in [0.15, 0.2) is 11.3 Å². The molecular weight excluding hydrogens is 381 g/mol. The molecule has 0 aliphatic rings. The summed E-state index contributed by atoms with van der Waals surface area (Å²) in [6.45, 7) is 3.89. The molecule has 4 nitrogen and oxygen atoms in total. The van der Waals surface area contributed by atoms with Gasteiger partial charge in [0, 0.05) is 11.1 Å². The minimum atomic E-state index is -4.60. The van der Waals surface area contributed by atoms with Crippen LogP contribution in [0.4, 0.5) is 13.2 Å². The molecule has 0 unspecified atom stereocenters. The van der Waals surface area contributed by atoms with Crippen molar-refractivity contribution in [2.75, 3.05) is 0 Å². The monoisotopic (exact) mass is 402 g/mol. The summed E-state index contributed by atoms with van der Waals surface area (Å²) in [4.78, 5) is 0. The summed E-state index contributed by atoms with van der Waals surface area (Å²) in [5.74, 6) is 1.01. The molecule has 0 N–H and O–H groups in total. The van der Waals surface area contributed by atoms with Crippen molar-refractivity contribution in [3.63, 3.8) is 0 Å². The third-order valence-electron chi connectivity index (χ3n) is 4.63. The fraction of sp³-hybridized carbons (Fsp3) is 0.364. The molecule has 3 rings (SSSR count).